The number of benzene rings is 2. The number of phenolic OH excluding ortho intramolecular Hbond substituents is 1. The molecule has 0 radical (unpaired) electrons. The summed E-state index contributed by atoms with van der Waals surface area (Å²) >= 11 is 5.33. The van der Waals surface area contributed by atoms with Crippen LogP contribution in [0.1, 0.15) is 19.4 Å². The summed E-state index contributed by atoms with van der Waals surface area (Å²) in [5.41, 5.74) is 3.57. The largest absolute Gasteiger partial charge is 0.507 e. The summed E-state index contributed by atoms with van der Waals surface area (Å²) in [5, 5.41) is 22.0. The molecule has 1 heterocycles. The zero-order chi connectivity index (χ0) is 21.0. The van der Waals surface area contributed by atoms with Crippen LogP contribution in [0.15, 0.2) is 47.6 Å². The van der Waals surface area contributed by atoms with Crippen LogP contribution >= 0.6 is 12.2 Å². The van der Waals surface area contributed by atoms with Crippen molar-refractivity contribution < 1.29 is 5.11 Å². The van der Waals surface area contributed by atoms with Crippen LogP contribution in [0.3, 0.4) is 0 Å². The average molecular weight is 411 g/mol. The maximum absolute atomic E-state index is 10.4. The summed E-state index contributed by atoms with van der Waals surface area (Å²) in [6, 6.07) is 13.6. The summed E-state index contributed by atoms with van der Waals surface area (Å²) in [7, 11) is 3.99. The summed E-state index contributed by atoms with van der Waals surface area (Å²) in [5.74, 6) is 0.779. The van der Waals surface area contributed by atoms with Crippen molar-refractivity contribution in [3.8, 4) is 17.1 Å². The van der Waals surface area contributed by atoms with E-state index in [2.05, 4.69) is 34.0 Å². The van der Waals surface area contributed by atoms with Gasteiger partial charge in [-0.1, -0.05) is 0 Å². The number of H-pyrrole nitrogens is 1. The highest BCUT2D eigenvalue weighted by Gasteiger charge is 2.10. The fraction of sp³-hybridized carbons (Fsp3) is 0.286. The van der Waals surface area contributed by atoms with Gasteiger partial charge in [-0.25, -0.2) is 5.10 Å². The van der Waals surface area contributed by atoms with Crippen LogP contribution in [0, 0.1) is 4.77 Å². The van der Waals surface area contributed by atoms with Crippen LogP contribution in [-0.4, -0.2) is 53.4 Å². The van der Waals surface area contributed by atoms with Gasteiger partial charge in [0.15, 0.2) is 5.82 Å². The SMILES string of the molecule is CCN(CC)c1ccc(C=Nn2c(-c3ccc(N(C)C)cc3)n[nH]c2=S)c(O)c1. The minimum absolute atomic E-state index is 0.171. The molecule has 0 aliphatic carbocycles. The molecule has 0 spiro atoms. The lowest BCUT2D eigenvalue weighted by Crippen LogP contribution is -2.21. The number of hydrogen-bond acceptors (Lipinski definition) is 6. The van der Waals surface area contributed by atoms with Crippen LogP contribution in [-0.2, 0) is 0 Å². The van der Waals surface area contributed by atoms with Crippen molar-refractivity contribution >= 4 is 29.8 Å². The van der Waals surface area contributed by atoms with Gasteiger partial charge in [0.1, 0.15) is 5.75 Å². The lowest BCUT2D eigenvalue weighted by Gasteiger charge is -2.21. The highest BCUT2D eigenvalue weighted by molar-refractivity contribution is 7.71. The Labute approximate surface area is 175 Å². The van der Waals surface area contributed by atoms with E-state index in [-0.39, 0.29) is 5.75 Å². The predicted octanol–water partition coefficient (Wildman–Crippen LogP) is 4.11. The van der Waals surface area contributed by atoms with Crippen molar-refractivity contribution in [1.82, 2.24) is 14.9 Å². The van der Waals surface area contributed by atoms with E-state index < -0.39 is 0 Å². The highest BCUT2D eigenvalue weighted by atomic mass is 32.1. The van der Waals surface area contributed by atoms with Crippen LogP contribution < -0.4 is 9.80 Å². The molecular formula is C21H26N6OS. The van der Waals surface area contributed by atoms with Gasteiger partial charge in [-0.15, -0.1) is 0 Å². The van der Waals surface area contributed by atoms with Crippen molar-refractivity contribution in [1.29, 1.82) is 0 Å². The number of rotatable bonds is 7. The number of aromatic amines is 1. The first kappa shape index (κ1) is 20.6. The maximum atomic E-state index is 10.4. The molecule has 29 heavy (non-hydrogen) atoms. The average Bonchev–Trinajstić information content (AvgIpc) is 3.09. The third kappa shape index (κ3) is 4.48. The molecule has 0 fully saturated rings. The third-order valence-electron chi connectivity index (χ3n) is 4.75. The molecule has 0 aliphatic rings. The second-order valence-electron chi connectivity index (χ2n) is 6.77. The Kier molecular flexibility index (Phi) is 6.33. The molecule has 0 amide bonds. The summed E-state index contributed by atoms with van der Waals surface area (Å²) in [6.45, 7) is 5.93. The Morgan fingerprint density at radius 3 is 2.34 bits per heavy atom. The Hall–Kier alpha value is -3.13. The first-order valence-corrected chi connectivity index (χ1v) is 9.92. The second-order valence-corrected chi connectivity index (χ2v) is 7.15. The fourth-order valence-electron chi connectivity index (χ4n) is 3.04. The van der Waals surface area contributed by atoms with Gasteiger partial charge in [-0.3, -0.25) is 0 Å². The highest BCUT2D eigenvalue weighted by Crippen LogP contribution is 2.24. The molecule has 2 aromatic carbocycles. The van der Waals surface area contributed by atoms with Gasteiger partial charge in [0.2, 0.25) is 4.77 Å². The van der Waals surface area contributed by atoms with Gasteiger partial charge in [-0.2, -0.15) is 14.9 Å². The Balaban J connectivity index is 1.90. The van der Waals surface area contributed by atoms with E-state index in [4.69, 9.17) is 12.2 Å². The number of aromatic nitrogens is 3. The van der Waals surface area contributed by atoms with E-state index in [1.54, 1.807) is 17.0 Å². The van der Waals surface area contributed by atoms with Gasteiger partial charge >= 0.3 is 0 Å². The van der Waals surface area contributed by atoms with E-state index in [1.807, 2.05) is 55.4 Å². The van der Waals surface area contributed by atoms with E-state index in [1.165, 1.54) is 0 Å². The van der Waals surface area contributed by atoms with E-state index in [0.29, 0.717) is 16.2 Å². The lowest BCUT2D eigenvalue weighted by atomic mass is 10.2. The Bertz CT molecular complexity index is 1050. The fourth-order valence-corrected chi connectivity index (χ4v) is 3.22. The van der Waals surface area contributed by atoms with Crippen molar-refractivity contribution in [3.05, 3.63) is 52.8 Å². The second kappa shape index (κ2) is 8.91. The van der Waals surface area contributed by atoms with Gasteiger partial charge in [-0.05, 0) is 62.5 Å². The number of hydrogen-bond donors (Lipinski definition) is 2. The maximum Gasteiger partial charge on any atom is 0.216 e. The van der Waals surface area contributed by atoms with Crippen LogP contribution in [0.25, 0.3) is 11.4 Å². The Morgan fingerprint density at radius 2 is 1.76 bits per heavy atom. The van der Waals surface area contributed by atoms with Crippen molar-refractivity contribution in [2.24, 2.45) is 5.10 Å². The standard InChI is InChI=1S/C21H26N6OS/c1-5-26(6-2)18-12-9-16(19(28)13-18)14-22-27-20(23-24-21(27)29)15-7-10-17(11-8-15)25(3)4/h7-14,28H,5-6H2,1-4H3,(H,24,29). The minimum atomic E-state index is 0.171. The van der Waals surface area contributed by atoms with Gasteiger partial charge in [0.25, 0.3) is 0 Å². The molecule has 0 aliphatic heterocycles. The number of aromatic hydroxyl groups is 1. The molecule has 0 saturated heterocycles. The topological polar surface area (TPSA) is 72.7 Å². The van der Waals surface area contributed by atoms with Crippen LogP contribution in [0.5, 0.6) is 5.75 Å². The number of anilines is 2. The molecule has 2 N–H and O–H groups in total. The predicted molar refractivity (Wildman–Crippen MR) is 122 cm³/mol. The van der Waals surface area contributed by atoms with E-state index in [9.17, 15) is 5.11 Å². The monoisotopic (exact) mass is 410 g/mol. The molecule has 0 saturated carbocycles. The van der Waals surface area contributed by atoms with Crippen molar-refractivity contribution in [2.45, 2.75) is 13.8 Å². The first-order chi connectivity index (χ1) is 13.9. The van der Waals surface area contributed by atoms with Crippen LogP contribution in [0.4, 0.5) is 11.4 Å². The quantitative estimate of drug-likeness (QED) is 0.453. The minimum Gasteiger partial charge on any atom is -0.507 e. The zero-order valence-electron chi connectivity index (χ0n) is 17.1. The van der Waals surface area contributed by atoms with E-state index >= 15 is 0 Å². The summed E-state index contributed by atoms with van der Waals surface area (Å²) in [4.78, 5) is 4.20. The summed E-state index contributed by atoms with van der Waals surface area (Å²) < 4.78 is 1.93. The van der Waals surface area contributed by atoms with Gasteiger partial charge in [0.05, 0.1) is 6.21 Å². The zero-order valence-corrected chi connectivity index (χ0v) is 17.9. The molecule has 1 aromatic heterocycles. The molecule has 3 rings (SSSR count). The molecule has 0 bridgehead atoms. The van der Waals surface area contributed by atoms with Crippen molar-refractivity contribution in [3.63, 3.8) is 0 Å². The molecule has 0 atom stereocenters. The third-order valence-corrected chi connectivity index (χ3v) is 5.01. The molecule has 152 valence electrons. The smallest absolute Gasteiger partial charge is 0.216 e. The van der Waals surface area contributed by atoms with Gasteiger partial charge < -0.3 is 14.9 Å². The number of nitrogens with one attached hydrogen (secondary N) is 1. The van der Waals surface area contributed by atoms with Crippen molar-refractivity contribution in [2.75, 3.05) is 37.0 Å². The van der Waals surface area contributed by atoms with Gasteiger partial charge in [0, 0.05) is 55.8 Å². The van der Waals surface area contributed by atoms with Crippen LogP contribution in [0.2, 0.25) is 0 Å². The molecule has 0 unspecified atom stereocenters. The molecule has 8 heteroatoms. The first-order valence-electron chi connectivity index (χ1n) is 9.52. The molecular weight excluding hydrogens is 384 g/mol. The lowest BCUT2D eigenvalue weighted by molar-refractivity contribution is 0.474. The normalized spacial score (nSPS) is 11.2. The summed E-state index contributed by atoms with van der Waals surface area (Å²) in [6.07, 6.45) is 1.59. The molecule has 3 aromatic rings. The number of phenols is 1. The van der Waals surface area contributed by atoms with E-state index in [0.717, 1.165) is 30.0 Å². The number of nitrogens with zero attached hydrogens (tertiary/aromatic N) is 5. The molecule has 7 nitrogen and oxygen atoms in total. The Morgan fingerprint density at radius 1 is 1.10 bits per heavy atom.